The molecular formula is C13H22ClN3OS. The zero-order valence-corrected chi connectivity index (χ0v) is 13.0. The average Bonchev–Trinajstić information content (AvgIpc) is 2.89. The summed E-state index contributed by atoms with van der Waals surface area (Å²) in [6.07, 6.45) is 5.63. The molecule has 1 aliphatic carbocycles. The number of anilines is 1. The minimum absolute atomic E-state index is 0. The van der Waals surface area contributed by atoms with Crippen molar-refractivity contribution in [3.05, 3.63) is 11.1 Å². The van der Waals surface area contributed by atoms with Crippen molar-refractivity contribution in [3.63, 3.8) is 0 Å². The van der Waals surface area contributed by atoms with Crippen molar-refractivity contribution < 1.29 is 4.79 Å². The molecule has 0 unspecified atom stereocenters. The maximum absolute atomic E-state index is 11.9. The van der Waals surface area contributed by atoms with Gasteiger partial charge in [0, 0.05) is 23.5 Å². The summed E-state index contributed by atoms with van der Waals surface area (Å²) >= 11 is 1.55. The van der Waals surface area contributed by atoms with Crippen LogP contribution in [0.5, 0.6) is 0 Å². The first kappa shape index (κ1) is 16.4. The van der Waals surface area contributed by atoms with Crippen LogP contribution in [0.1, 0.15) is 50.3 Å². The summed E-state index contributed by atoms with van der Waals surface area (Å²) in [6.45, 7) is 4.24. The van der Waals surface area contributed by atoms with E-state index in [1.165, 1.54) is 4.88 Å². The highest BCUT2D eigenvalue weighted by atomic mass is 35.5. The van der Waals surface area contributed by atoms with Crippen LogP contribution in [0.3, 0.4) is 0 Å². The van der Waals surface area contributed by atoms with Gasteiger partial charge in [0.05, 0.1) is 0 Å². The first-order valence-electron chi connectivity index (χ1n) is 6.57. The van der Waals surface area contributed by atoms with Gasteiger partial charge in [-0.3, -0.25) is 4.79 Å². The Labute approximate surface area is 124 Å². The molecule has 1 aromatic heterocycles. The van der Waals surface area contributed by atoms with Gasteiger partial charge < -0.3 is 11.1 Å². The Morgan fingerprint density at radius 2 is 2.32 bits per heavy atom. The minimum Gasteiger partial charge on any atom is -0.327 e. The molecule has 0 aliphatic heterocycles. The Hall–Kier alpha value is -0.650. The lowest BCUT2D eigenvalue weighted by Gasteiger charge is -2.13. The van der Waals surface area contributed by atoms with Gasteiger partial charge in [0.1, 0.15) is 0 Å². The molecule has 2 rings (SSSR count). The normalized spacial score (nSPS) is 22.3. The van der Waals surface area contributed by atoms with Crippen LogP contribution in [0.15, 0.2) is 6.20 Å². The number of aromatic nitrogens is 1. The zero-order valence-electron chi connectivity index (χ0n) is 11.4. The molecule has 1 saturated carbocycles. The largest absolute Gasteiger partial charge is 0.327 e. The summed E-state index contributed by atoms with van der Waals surface area (Å²) in [7, 11) is 0. The van der Waals surface area contributed by atoms with Gasteiger partial charge in [-0.15, -0.1) is 23.7 Å². The highest BCUT2D eigenvalue weighted by Gasteiger charge is 2.26. The molecule has 108 valence electrons. The monoisotopic (exact) mass is 303 g/mol. The van der Waals surface area contributed by atoms with E-state index in [1.807, 2.05) is 6.20 Å². The molecule has 3 N–H and O–H groups in total. The van der Waals surface area contributed by atoms with Crippen LogP contribution >= 0.6 is 23.7 Å². The minimum atomic E-state index is 0. The van der Waals surface area contributed by atoms with Crippen molar-refractivity contribution in [1.29, 1.82) is 0 Å². The highest BCUT2D eigenvalue weighted by Crippen LogP contribution is 2.28. The van der Waals surface area contributed by atoms with Crippen molar-refractivity contribution in [3.8, 4) is 0 Å². The average molecular weight is 304 g/mol. The molecule has 0 aromatic carbocycles. The molecule has 0 saturated heterocycles. The molecule has 1 aromatic rings. The summed E-state index contributed by atoms with van der Waals surface area (Å²) in [6, 6.07) is 0.193. The predicted molar refractivity (Wildman–Crippen MR) is 82.0 cm³/mol. The predicted octanol–water partition coefficient (Wildman–Crippen LogP) is 3.14. The number of carbonyl (C=O) groups excluding carboxylic acids is 1. The van der Waals surface area contributed by atoms with E-state index >= 15 is 0 Å². The second-order valence-electron chi connectivity index (χ2n) is 5.33. The summed E-state index contributed by atoms with van der Waals surface area (Å²) in [5, 5.41) is 3.58. The molecule has 6 heteroatoms. The smallest absolute Gasteiger partial charge is 0.226 e. The Morgan fingerprint density at radius 3 is 2.84 bits per heavy atom. The standard InChI is InChI=1S/C13H21N3OS.ClH/c1-8(2)11-7-15-13(18-11)16-12(17)6-9-4-3-5-10(9)14;/h7-10H,3-6,14H2,1-2H3,(H,15,16,17);1H/t9-,10+;/m0./s1. The second-order valence-corrected chi connectivity index (χ2v) is 6.39. The fourth-order valence-corrected chi connectivity index (χ4v) is 3.17. The van der Waals surface area contributed by atoms with E-state index < -0.39 is 0 Å². The van der Waals surface area contributed by atoms with Crippen LogP contribution in [0.4, 0.5) is 5.13 Å². The quantitative estimate of drug-likeness (QED) is 0.898. The summed E-state index contributed by atoms with van der Waals surface area (Å²) < 4.78 is 0. The molecular weight excluding hydrogens is 282 g/mol. The molecule has 4 nitrogen and oxygen atoms in total. The maximum Gasteiger partial charge on any atom is 0.226 e. The lowest BCUT2D eigenvalue weighted by molar-refractivity contribution is -0.117. The third-order valence-corrected chi connectivity index (χ3v) is 4.72. The van der Waals surface area contributed by atoms with Crippen molar-refractivity contribution in [2.24, 2.45) is 11.7 Å². The van der Waals surface area contributed by atoms with E-state index in [0.29, 0.717) is 23.4 Å². The van der Waals surface area contributed by atoms with Gasteiger partial charge in [0.2, 0.25) is 5.91 Å². The topological polar surface area (TPSA) is 68.0 Å². The van der Waals surface area contributed by atoms with E-state index in [4.69, 9.17) is 5.73 Å². The Kier molecular flexibility index (Phi) is 6.23. The SMILES string of the molecule is CC(C)c1cnc(NC(=O)C[C@@H]2CCC[C@H]2N)s1.Cl. The molecule has 1 amide bonds. The van der Waals surface area contributed by atoms with Gasteiger partial charge >= 0.3 is 0 Å². The van der Waals surface area contributed by atoms with Crippen LogP contribution in [-0.2, 0) is 4.79 Å². The maximum atomic E-state index is 11.9. The first-order valence-corrected chi connectivity index (χ1v) is 7.39. The van der Waals surface area contributed by atoms with E-state index in [9.17, 15) is 4.79 Å². The van der Waals surface area contributed by atoms with Gasteiger partial charge in [-0.25, -0.2) is 4.98 Å². The van der Waals surface area contributed by atoms with Crippen molar-refractivity contribution in [2.45, 2.75) is 51.5 Å². The van der Waals surface area contributed by atoms with E-state index in [-0.39, 0.29) is 24.4 Å². The number of halogens is 1. The third kappa shape index (κ3) is 4.44. The van der Waals surface area contributed by atoms with E-state index in [0.717, 1.165) is 19.3 Å². The van der Waals surface area contributed by atoms with Crippen LogP contribution < -0.4 is 11.1 Å². The van der Waals surface area contributed by atoms with Gasteiger partial charge in [-0.05, 0) is 24.7 Å². The first-order chi connectivity index (χ1) is 8.56. The summed E-state index contributed by atoms with van der Waals surface area (Å²) in [4.78, 5) is 17.3. The van der Waals surface area contributed by atoms with Crippen molar-refractivity contribution in [2.75, 3.05) is 5.32 Å². The van der Waals surface area contributed by atoms with Crippen LogP contribution in [0.25, 0.3) is 0 Å². The Bertz CT molecular complexity index is 422. The third-order valence-electron chi connectivity index (χ3n) is 3.50. The van der Waals surface area contributed by atoms with Crippen LogP contribution in [0, 0.1) is 5.92 Å². The molecule has 0 radical (unpaired) electrons. The van der Waals surface area contributed by atoms with Crippen molar-refractivity contribution >= 4 is 34.8 Å². The number of nitrogens with two attached hydrogens (primary N) is 1. The molecule has 1 heterocycles. The molecule has 0 bridgehead atoms. The number of hydrogen-bond donors (Lipinski definition) is 2. The zero-order chi connectivity index (χ0) is 13.1. The van der Waals surface area contributed by atoms with E-state index in [1.54, 1.807) is 11.3 Å². The number of amides is 1. The van der Waals surface area contributed by atoms with Gasteiger partial charge in [0.25, 0.3) is 0 Å². The molecule has 1 aliphatic rings. The summed E-state index contributed by atoms with van der Waals surface area (Å²) in [5.74, 6) is 0.841. The molecule has 0 spiro atoms. The van der Waals surface area contributed by atoms with E-state index in [2.05, 4.69) is 24.1 Å². The fraction of sp³-hybridized carbons (Fsp3) is 0.692. The second kappa shape index (κ2) is 7.22. The molecule has 19 heavy (non-hydrogen) atoms. The Balaban J connectivity index is 0.00000180. The van der Waals surface area contributed by atoms with Gasteiger partial charge in [-0.2, -0.15) is 0 Å². The Morgan fingerprint density at radius 1 is 1.58 bits per heavy atom. The molecule has 1 fully saturated rings. The lowest BCUT2D eigenvalue weighted by Crippen LogP contribution is -2.28. The fourth-order valence-electron chi connectivity index (χ4n) is 2.34. The highest BCUT2D eigenvalue weighted by molar-refractivity contribution is 7.15. The number of carbonyl (C=O) groups is 1. The summed E-state index contributed by atoms with van der Waals surface area (Å²) in [5.41, 5.74) is 5.97. The number of nitrogens with zero attached hydrogens (tertiary/aromatic N) is 1. The number of nitrogens with one attached hydrogen (secondary N) is 1. The lowest BCUT2D eigenvalue weighted by atomic mass is 10.00. The number of thiazole rings is 1. The van der Waals surface area contributed by atoms with Crippen LogP contribution in [0.2, 0.25) is 0 Å². The van der Waals surface area contributed by atoms with Crippen molar-refractivity contribution in [1.82, 2.24) is 4.98 Å². The van der Waals surface area contributed by atoms with Crippen LogP contribution in [-0.4, -0.2) is 16.9 Å². The number of hydrogen-bond acceptors (Lipinski definition) is 4. The van der Waals surface area contributed by atoms with Gasteiger partial charge in [-0.1, -0.05) is 20.3 Å². The number of rotatable bonds is 4. The molecule has 2 atom stereocenters. The van der Waals surface area contributed by atoms with Gasteiger partial charge in [0.15, 0.2) is 5.13 Å².